The number of rotatable bonds is 15. The minimum absolute atomic E-state index is 0.0867. The summed E-state index contributed by atoms with van der Waals surface area (Å²) < 4.78 is 0. The number of urea groups is 1. The molecule has 1 aliphatic heterocycles. The Morgan fingerprint density at radius 1 is 0.914 bits per heavy atom. The van der Waals surface area contributed by atoms with Gasteiger partial charge < -0.3 is 5.32 Å². The first-order chi connectivity index (χ1) is 17.0. The fraction of sp³-hybridized carbons (Fsp3) is 0.733. The van der Waals surface area contributed by atoms with Crippen molar-refractivity contribution in [2.45, 2.75) is 122 Å². The summed E-state index contributed by atoms with van der Waals surface area (Å²) in [4.78, 5) is 28.6. The Morgan fingerprint density at radius 2 is 1.49 bits per heavy atom. The molecule has 35 heavy (non-hydrogen) atoms. The average Bonchev–Trinajstić information content (AvgIpc) is 3.14. The van der Waals surface area contributed by atoms with Crippen molar-refractivity contribution >= 4 is 11.9 Å². The highest BCUT2D eigenvalue weighted by Crippen LogP contribution is 2.44. The van der Waals surface area contributed by atoms with Crippen molar-refractivity contribution in [3.05, 3.63) is 35.9 Å². The molecular weight excluding hydrogens is 434 g/mol. The molecule has 5 nitrogen and oxygen atoms in total. The molecule has 2 N–H and O–H groups in total. The first-order valence-electron chi connectivity index (χ1n) is 14.5. The maximum atomic E-state index is 14.0. The monoisotopic (exact) mass is 483 g/mol. The van der Waals surface area contributed by atoms with E-state index in [4.69, 9.17) is 0 Å². The van der Waals surface area contributed by atoms with Crippen molar-refractivity contribution in [1.29, 1.82) is 0 Å². The van der Waals surface area contributed by atoms with E-state index in [9.17, 15) is 9.59 Å². The molecule has 1 aromatic rings. The molecule has 0 spiro atoms. The van der Waals surface area contributed by atoms with Crippen LogP contribution in [0.25, 0.3) is 0 Å². The van der Waals surface area contributed by atoms with Gasteiger partial charge in [-0.15, -0.1) is 0 Å². The van der Waals surface area contributed by atoms with Gasteiger partial charge in [0.1, 0.15) is 5.54 Å². The summed E-state index contributed by atoms with van der Waals surface area (Å²) in [6, 6.07) is 9.65. The second-order valence-electron chi connectivity index (χ2n) is 11.0. The van der Waals surface area contributed by atoms with Crippen molar-refractivity contribution < 1.29 is 9.59 Å². The van der Waals surface area contributed by atoms with Crippen LogP contribution < -0.4 is 10.6 Å². The quantitative estimate of drug-likeness (QED) is 0.206. The van der Waals surface area contributed by atoms with E-state index in [2.05, 4.69) is 24.5 Å². The number of nitrogens with zero attached hydrogens (tertiary/aromatic N) is 1. The van der Waals surface area contributed by atoms with Crippen LogP contribution in [0.4, 0.5) is 4.79 Å². The first kappa shape index (κ1) is 27.7. The summed E-state index contributed by atoms with van der Waals surface area (Å²) >= 11 is 0. The lowest BCUT2D eigenvalue weighted by atomic mass is 9.69. The Bertz CT molecular complexity index is 775. The van der Waals surface area contributed by atoms with Gasteiger partial charge in [-0.25, -0.2) is 9.69 Å². The second-order valence-corrected chi connectivity index (χ2v) is 11.0. The second kappa shape index (κ2) is 14.0. The van der Waals surface area contributed by atoms with Gasteiger partial charge in [-0.2, -0.15) is 0 Å². The fourth-order valence-electron chi connectivity index (χ4n) is 6.03. The van der Waals surface area contributed by atoms with Gasteiger partial charge in [0.05, 0.1) is 6.17 Å². The zero-order chi connectivity index (χ0) is 25.1. The molecule has 196 valence electrons. The lowest BCUT2D eigenvalue weighted by Crippen LogP contribution is -2.53. The van der Waals surface area contributed by atoms with Gasteiger partial charge in [0.15, 0.2) is 0 Å². The van der Waals surface area contributed by atoms with Crippen LogP contribution in [0.5, 0.6) is 0 Å². The number of nitrogens with one attached hydrogen (secondary N) is 2. The fourth-order valence-corrected chi connectivity index (χ4v) is 6.03. The summed E-state index contributed by atoms with van der Waals surface area (Å²) in [5, 5.41) is 6.64. The number of hydrogen-bond acceptors (Lipinski definition) is 3. The van der Waals surface area contributed by atoms with Gasteiger partial charge in [0.2, 0.25) is 0 Å². The van der Waals surface area contributed by atoms with Gasteiger partial charge in [-0.3, -0.25) is 10.1 Å². The predicted molar refractivity (Wildman–Crippen MR) is 144 cm³/mol. The summed E-state index contributed by atoms with van der Waals surface area (Å²) in [6.45, 7) is 7.32. The molecule has 1 aliphatic carbocycles. The van der Waals surface area contributed by atoms with Crippen molar-refractivity contribution in [1.82, 2.24) is 15.5 Å². The van der Waals surface area contributed by atoms with E-state index in [0.29, 0.717) is 5.92 Å². The van der Waals surface area contributed by atoms with E-state index in [0.717, 1.165) is 44.2 Å². The number of hydrogen-bond donors (Lipinski definition) is 2. The molecule has 1 aromatic carbocycles. The van der Waals surface area contributed by atoms with Gasteiger partial charge in [0.25, 0.3) is 5.91 Å². The Morgan fingerprint density at radius 3 is 2.09 bits per heavy atom. The molecule has 1 saturated heterocycles. The van der Waals surface area contributed by atoms with Crippen molar-refractivity contribution in [2.75, 3.05) is 6.54 Å². The van der Waals surface area contributed by atoms with Crippen LogP contribution >= 0.6 is 0 Å². The van der Waals surface area contributed by atoms with Crippen LogP contribution in [-0.4, -0.2) is 29.5 Å². The maximum absolute atomic E-state index is 14.0. The van der Waals surface area contributed by atoms with Crippen LogP contribution in [0.2, 0.25) is 0 Å². The van der Waals surface area contributed by atoms with Crippen LogP contribution in [-0.2, 0) is 10.3 Å². The normalized spacial score (nSPS) is 25.6. The summed E-state index contributed by atoms with van der Waals surface area (Å²) in [6.07, 6.45) is 16.8. The van der Waals surface area contributed by atoms with Crippen LogP contribution in [0.15, 0.2) is 30.3 Å². The third kappa shape index (κ3) is 7.09. The highest BCUT2D eigenvalue weighted by molar-refractivity contribution is 6.08. The Hall–Kier alpha value is -1.88. The average molecular weight is 484 g/mol. The van der Waals surface area contributed by atoms with E-state index in [-0.39, 0.29) is 24.0 Å². The van der Waals surface area contributed by atoms with Crippen molar-refractivity contribution in [3.8, 4) is 0 Å². The van der Waals surface area contributed by atoms with Crippen LogP contribution in [0, 0.1) is 11.8 Å². The molecule has 2 unspecified atom stereocenters. The van der Waals surface area contributed by atoms with Crippen molar-refractivity contribution in [2.24, 2.45) is 11.8 Å². The number of amides is 3. The lowest BCUT2D eigenvalue weighted by Gasteiger charge is -2.39. The molecule has 2 atom stereocenters. The molecule has 0 radical (unpaired) electrons. The van der Waals surface area contributed by atoms with Gasteiger partial charge in [-0.1, -0.05) is 115 Å². The van der Waals surface area contributed by atoms with Gasteiger partial charge in [-0.05, 0) is 50.1 Å². The smallest absolute Gasteiger partial charge is 0.319 e. The van der Waals surface area contributed by atoms with E-state index in [1.807, 2.05) is 37.3 Å². The molecule has 2 fully saturated rings. The number of carbonyl (C=O) groups excluding carboxylic acids is 2. The Labute approximate surface area is 213 Å². The highest BCUT2D eigenvalue weighted by atomic mass is 16.2. The molecule has 1 saturated carbocycles. The SMILES string of the molecule is CCCCCCCCCCCCNC(C)N1C(=O)NC(c2ccccc2)(C2CCC(C)CC2)C1=O. The molecule has 2 aliphatic rings. The largest absolute Gasteiger partial charge is 0.326 e. The molecule has 5 heteroatoms. The third-order valence-electron chi connectivity index (χ3n) is 8.29. The number of carbonyl (C=O) groups is 2. The molecule has 0 aromatic heterocycles. The van der Waals surface area contributed by atoms with E-state index in [1.165, 1.54) is 62.7 Å². The zero-order valence-corrected chi connectivity index (χ0v) is 22.5. The number of benzene rings is 1. The molecule has 1 heterocycles. The third-order valence-corrected chi connectivity index (χ3v) is 8.29. The summed E-state index contributed by atoms with van der Waals surface area (Å²) in [5.74, 6) is 0.733. The summed E-state index contributed by atoms with van der Waals surface area (Å²) in [7, 11) is 0. The van der Waals surface area contributed by atoms with E-state index >= 15 is 0 Å². The van der Waals surface area contributed by atoms with Crippen LogP contribution in [0.1, 0.15) is 116 Å². The summed E-state index contributed by atoms with van der Waals surface area (Å²) in [5.41, 5.74) is -0.0201. The first-order valence-corrected chi connectivity index (χ1v) is 14.5. The molecule has 3 amide bonds. The van der Waals surface area contributed by atoms with Crippen molar-refractivity contribution in [3.63, 3.8) is 0 Å². The maximum Gasteiger partial charge on any atom is 0.326 e. The molecular formula is C30H49N3O2. The standard InChI is InChI=1S/C30H49N3O2/c1-4-5-6-7-8-9-10-11-12-16-23-31-25(3)33-28(34)30(32-29(33)35,26-17-14-13-15-18-26)27-21-19-24(2)20-22-27/h13-15,17-18,24-25,27,31H,4-12,16,19-23H2,1-3H3,(H,32,35). The molecule has 3 rings (SSSR count). The number of unbranched alkanes of at least 4 members (excludes halogenated alkanes) is 9. The minimum atomic E-state index is -0.939. The highest BCUT2D eigenvalue weighted by Gasteiger charge is 2.57. The zero-order valence-electron chi connectivity index (χ0n) is 22.5. The number of imide groups is 1. The van der Waals surface area contributed by atoms with Crippen LogP contribution in [0.3, 0.4) is 0 Å². The predicted octanol–water partition coefficient (Wildman–Crippen LogP) is 7.12. The Kier molecular flexibility index (Phi) is 11.1. The van der Waals surface area contributed by atoms with Gasteiger partial charge in [0, 0.05) is 0 Å². The topological polar surface area (TPSA) is 61.4 Å². The Balaban J connectivity index is 1.51. The van der Waals surface area contributed by atoms with Gasteiger partial charge >= 0.3 is 6.03 Å². The lowest BCUT2D eigenvalue weighted by molar-refractivity contribution is -0.136. The minimum Gasteiger partial charge on any atom is -0.319 e. The van der Waals surface area contributed by atoms with E-state index in [1.54, 1.807) is 0 Å². The molecule has 0 bridgehead atoms. The van der Waals surface area contributed by atoms with E-state index < -0.39 is 5.54 Å².